The van der Waals surface area contributed by atoms with Crippen LogP contribution in [0.4, 0.5) is 5.69 Å². The van der Waals surface area contributed by atoms with Crippen LogP contribution in [-0.4, -0.2) is 76.6 Å². The Bertz CT molecular complexity index is 911. The maximum Gasteiger partial charge on any atom is 0.203 e. The fraction of sp³-hybridized carbons (Fsp3) is 0.458. The molecule has 0 amide bonds. The molecule has 8 heteroatoms. The molecule has 1 aliphatic rings. The predicted octanol–water partition coefficient (Wildman–Crippen LogP) is 2.75. The van der Waals surface area contributed by atoms with Gasteiger partial charge in [-0.05, 0) is 31.5 Å². The molecule has 32 heavy (non-hydrogen) atoms. The minimum absolute atomic E-state index is 0.324. The molecule has 174 valence electrons. The monoisotopic (exact) mass is 442 g/mol. The number of aliphatic imine (C=N–C) groups is 1. The SMILES string of the molecule is CCNC(=NCCc1ccc(OC)c(OC)c1OC)N1CCN(c2ccccc2O)CC1. The van der Waals surface area contributed by atoms with Gasteiger partial charge in [0.15, 0.2) is 17.5 Å². The molecular weight excluding hydrogens is 408 g/mol. The zero-order valence-corrected chi connectivity index (χ0v) is 19.4. The van der Waals surface area contributed by atoms with Crippen molar-refractivity contribution < 1.29 is 19.3 Å². The molecule has 0 atom stereocenters. The Balaban J connectivity index is 1.66. The first-order valence-electron chi connectivity index (χ1n) is 11.0. The highest BCUT2D eigenvalue weighted by atomic mass is 16.5. The van der Waals surface area contributed by atoms with Gasteiger partial charge in [-0.2, -0.15) is 0 Å². The zero-order valence-electron chi connectivity index (χ0n) is 19.4. The Morgan fingerprint density at radius 1 is 0.969 bits per heavy atom. The van der Waals surface area contributed by atoms with E-state index in [0.717, 1.165) is 56.4 Å². The first-order chi connectivity index (χ1) is 15.6. The molecule has 1 saturated heterocycles. The number of nitrogens with one attached hydrogen (secondary N) is 1. The van der Waals surface area contributed by atoms with E-state index >= 15 is 0 Å². The predicted molar refractivity (Wildman–Crippen MR) is 128 cm³/mol. The van der Waals surface area contributed by atoms with Gasteiger partial charge in [-0.15, -0.1) is 0 Å². The van der Waals surface area contributed by atoms with Crippen LogP contribution in [0.25, 0.3) is 0 Å². The lowest BCUT2D eigenvalue weighted by atomic mass is 10.1. The second-order valence-corrected chi connectivity index (χ2v) is 7.44. The number of phenolic OH excluding ortho intramolecular Hbond substituents is 1. The number of piperazine rings is 1. The highest BCUT2D eigenvalue weighted by molar-refractivity contribution is 5.80. The quantitative estimate of drug-likeness (QED) is 0.481. The maximum absolute atomic E-state index is 10.1. The van der Waals surface area contributed by atoms with Crippen LogP contribution in [0, 0.1) is 0 Å². The molecule has 2 aromatic rings. The molecule has 2 aromatic carbocycles. The average molecular weight is 443 g/mol. The van der Waals surface area contributed by atoms with Crippen molar-refractivity contribution in [2.45, 2.75) is 13.3 Å². The summed E-state index contributed by atoms with van der Waals surface area (Å²) < 4.78 is 16.4. The van der Waals surface area contributed by atoms with E-state index < -0.39 is 0 Å². The van der Waals surface area contributed by atoms with E-state index in [4.69, 9.17) is 19.2 Å². The first kappa shape index (κ1) is 23.4. The van der Waals surface area contributed by atoms with Crippen molar-refractivity contribution in [1.82, 2.24) is 10.2 Å². The molecule has 0 spiro atoms. The Morgan fingerprint density at radius 3 is 2.31 bits per heavy atom. The van der Waals surface area contributed by atoms with E-state index in [-0.39, 0.29) is 0 Å². The van der Waals surface area contributed by atoms with Gasteiger partial charge in [0.1, 0.15) is 5.75 Å². The number of para-hydroxylation sites is 2. The summed E-state index contributed by atoms with van der Waals surface area (Å²) in [5, 5.41) is 13.5. The fourth-order valence-electron chi connectivity index (χ4n) is 3.96. The second kappa shape index (κ2) is 11.4. The number of methoxy groups -OCH3 is 3. The van der Waals surface area contributed by atoms with E-state index in [1.165, 1.54) is 0 Å². The van der Waals surface area contributed by atoms with Crippen molar-refractivity contribution in [3.63, 3.8) is 0 Å². The summed E-state index contributed by atoms with van der Waals surface area (Å²) in [5.41, 5.74) is 1.91. The van der Waals surface area contributed by atoms with Gasteiger partial charge in [0.05, 0.1) is 27.0 Å². The van der Waals surface area contributed by atoms with Crippen molar-refractivity contribution in [3.05, 3.63) is 42.0 Å². The van der Waals surface area contributed by atoms with Crippen molar-refractivity contribution in [2.24, 2.45) is 4.99 Å². The van der Waals surface area contributed by atoms with Gasteiger partial charge in [-0.3, -0.25) is 4.99 Å². The molecule has 1 aliphatic heterocycles. The van der Waals surface area contributed by atoms with E-state index in [9.17, 15) is 5.11 Å². The summed E-state index contributed by atoms with van der Waals surface area (Å²) in [5.74, 6) is 3.16. The molecule has 0 saturated carbocycles. The Hall–Kier alpha value is -3.29. The van der Waals surface area contributed by atoms with Gasteiger partial charge >= 0.3 is 0 Å². The average Bonchev–Trinajstić information content (AvgIpc) is 2.83. The van der Waals surface area contributed by atoms with Crippen LogP contribution in [0.1, 0.15) is 12.5 Å². The molecule has 0 aliphatic carbocycles. The van der Waals surface area contributed by atoms with Crippen molar-refractivity contribution in [3.8, 4) is 23.0 Å². The third kappa shape index (κ3) is 5.30. The van der Waals surface area contributed by atoms with E-state index in [2.05, 4.69) is 22.0 Å². The smallest absolute Gasteiger partial charge is 0.203 e. The Labute approximate surface area is 190 Å². The molecule has 2 N–H and O–H groups in total. The third-order valence-electron chi connectivity index (χ3n) is 5.56. The topological polar surface area (TPSA) is 78.8 Å². The second-order valence-electron chi connectivity index (χ2n) is 7.44. The first-order valence-corrected chi connectivity index (χ1v) is 11.0. The van der Waals surface area contributed by atoms with Gasteiger partial charge in [0.25, 0.3) is 0 Å². The lowest BCUT2D eigenvalue weighted by molar-refractivity contribution is 0.322. The number of anilines is 1. The lowest BCUT2D eigenvalue weighted by Gasteiger charge is -2.37. The number of phenols is 1. The van der Waals surface area contributed by atoms with E-state index in [1.54, 1.807) is 27.4 Å². The number of hydrogen-bond donors (Lipinski definition) is 2. The molecule has 3 rings (SSSR count). The molecule has 1 fully saturated rings. The lowest BCUT2D eigenvalue weighted by Crippen LogP contribution is -2.52. The van der Waals surface area contributed by atoms with Crippen LogP contribution in [0.5, 0.6) is 23.0 Å². The van der Waals surface area contributed by atoms with Crippen LogP contribution in [0.2, 0.25) is 0 Å². The number of aromatic hydroxyl groups is 1. The zero-order chi connectivity index (χ0) is 22.9. The number of ether oxygens (including phenoxy) is 3. The Morgan fingerprint density at radius 2 is 1.69 bits per heavy atom. The largest absolute Gasteiger partial charge is 0.506 e. The third-order valence-corrected chi connectivity index (χ3v) is 5.56. The van der Waals surface area contributed by atoms with Gasteiger partial charge in [-0.1, -0.05) is 18.2 Å². The molecular formula is C24H34N4O4. The molecule has 8 nitrogen and oxygen atoms in total. The summed E-state index contributed by atoms with van der Waals surface area (Å²) in [6.07, 6.45) is 0.719. The van der Waals surface area contributed by atoms with Gasteiger partial charge in [0, 0.05) is 44.8 Å². The molecule has 1 heterocycles. The minimum Gasteiger partial charge on any atom is -0.506 e. The van der Waals surface area contributed by atoms with Gasteiger partial charge in [-0.25, -0.2) is 0 Å². The summed E-state index contributed by atoms with van der Waals surface area (Å²) in [7, 11) is 4.86. The maximum atomic E-state index is 10.1. The summed E-state index contributed by atoms with van der Waals surface area (Å²) in [4.78, 5) is 9.34. The van der Waals surface area contributed by atoms with Gasteiger partial charge in [0.2, 0.25) is 5.75 Å². The van der Waals surface area contributed by atoms with E-state index in [0.29, 0.717) is 29.5 Å². The number of nitrogens with zero attached hydrogens (tertiary/aromatic N) is 3. The van der Waals surface area contributed by atoms with Crippen LogP contribution < -0.4 is 24.4 Å². The highest BCUT2D eigenvalue weighted by Crippen LogP contribution is 2.39. The normalized spacial score (nSPS) is 14.3. The molecule has 0 radical (unpaired) electrons. The molecule has 0 unspecified atom stereocenters. The number of benzene rings is 2. The summed E-state index contributed by atoms with van der Waals surface area (Å²) in [6.45, 7) is 6.81. The van der Waals surface area contributed by atoms with Crippen LogP contribution in [-0.2, 0) is 6.42 Å². The molecule has 0 aromatic heterocycles. The van der Waals surface area contributed by atoms with Crippen molar-refractivity contribution in [1.29, 1.82) is 0 Å². The minimum atomic E-state index is 0.324. The van der Waals surface area contributed by atoms with Crippen molar-refractivity contribution >= 4 is 11.6 Å². The van der Waals surface area contributed by atoms with Crippen LogP contribution >= 0.6 is 0 Å². The highest BCUT2D eigenvalue weighted by Gasteiger charge is 2.21. The van der Waals surface area contributed by atoms with E-state index in [1.807, 2.05) is 30.3 Å². The van der Waals surface area contributed by atoms with Crippen LogP contribution in [0.3, 0.4) is 0 Å². The van der Waals surface area contributed by atoms with Gasteiger partial charge < -0.3 is 34.4 Å². The number of rotatable bonds is 8. The Kier molecular flexibility index (Phi) is 8.30. The van der Waals surface area contributed by atoms with Crippen LogP contribution in [0.15, 0.2) is 41.4 Å². The van der Waals surface area contributed by atoms with Crippen molar-refractivity contribution in [2.75, 3.05) is 65.5 Å². The molecule has 0 bridgehead atoms. The fourth-order valence-corrected chi connectivity index (χ4v) is 3.96. The summed E-state index contributed by atoms with van der Waals surface area (Å²) in [6, 6.07) is 11.4. The summed E-state index contributed by atoms with van der Waals surface area (Å²) >= 11 is 0. The number of hydrogen-bond acceptors (Lipinski definition) is 6. The standard InChI is InChI=1S/C24H34N4O4/c1-5-25-24(28-16-14-27(15-17-28)19-8-6-7-9-20(19)29)26-13-12-18-10-11-21(30-2)23(32-4)22(18)31-3/h6-11,29H,5,12-17H2,1-4H3,(H,25,26). The number of guanidine groups is 1.